The van der Waals surface area contributed by atoms with Gasteiger partial charge >= 0.3 is 5.97 Å². The Balaban J connectivity index is 0.749. The van der Waals surface area contributed by atoms with Crippen LogP contribution in [-0.2, 0) is 12.8 Å². The highest BCUT2D eigenvalue weighted by atomic mass is 19.1. The summed E-state index contributed by atoms with van der Waals surface area (Å²) in [7, 11) is 0. The van der Waals surface area contributed by atoms with Gasteiger partial charge in [-0.05, 0) is 90.2 Å². The zero-order valence-electron chi connectivity index (χ0n) is 37.9. The first kappa shape index (κ1) is 47.4. The molecule has 0 radical (unpaired) electrons. The minimum absolute atomic E-state index is 0.00385. The minimum atomic E-state index is -1.42. The maximum Gasteiger partial charge on any atom is 0.336 e. The number of phenolic OH excluding ortho intramolecular Hbond substituents is 2. The first-order valence-corrected chi connectivity index (χ1v) is 22.9. The van der Waals surface area contributed by atoms with E-state index >= 15 is 4.39 Å². The molecule has 0 atom stereocenters. The number of fused-ring (bicyclic) bond motifs is 3. The highest BCUT2D eigenvalue weighted by Gasteiger charge is 2.26. The van der Waals surface area contributed by atoms with E-state index in [0.717, 1.165) is 67.1 Å². The molecule has 1 aliphatic carbocycles. The molecule has 1 aliphatic heterocycles. The summed E-state index contributed by atoms with van der Waals surface area (Å²) in [6.07, 6.45) is 7.03. The van der Waals surface area contributed by atoms with Crippen molar-refractivity contribution in [2.75, 3.05) is 13.2 Å². The number of phenols is 2. The maximum absolute atomic E-state index is 15.3. The Morgan fingerprint density at radius 2 is 1.45 bits per heavy atom. The van der Waals surface area contributed by atoms with Gasteiger partial charge in [-0.15, -0.1) is 0 Å². The average Bonchev–Trinajstić information content (AvgIpc) is 3.67. The lowest BCUT2D eigenvalue weighted by atomic mass is 9.89. The van der Waals surface area contributed by atoms with Crippen LogP contribution in [0.5, 0.6) is 23.1 Å². The average molecular weight is 963 g/mol. The Kier molecular flexibility index (Phi) is 13.7. The Hall–Kier alpha value is -8.66. The first-order chi connectivity index (χ1) is 34.3. The fraction of sp³-hybridized carbons (Fsp3) is 0.182. The van der Waals surface area contributed by atoms with Crippen molar-refractivity contribution < 1.29 is 52.3 Å². The molecule has 0 spiro atoms. The molecule has 2 aromatic heterocycles. The topological polar surface area (TPSA) is 197 Å². The fourth-order valence-electron chi connectivity index (χ4n) is 8.60. The molecule has 0 unspecified atom stereocenters. The second-order valence-corrected chi connectivity index (χ2v) is 17.1. The molecule has 71 heavy (non-hydrogen) atoms. The van der Waals surface area contributed by atoms with Crippen LogP contribution in [0.25, 0.3) is 50.3 Å². The quantitative estimate of drug-likeness (QED) is 0.0405. The van der Waals surface area contributed by atoms with Crippen LogP contribution in [0.3, 0.4) is 0 Å². The number of nitrogens with one attached hydrogen (secondary N) is 1. The van der Waals surface area contributed by atoms with Crippen molar-refractivity contribution in [2.45, 2.75) is 51.4 Å². The number of rotatable bonds is 18. The lowest BCUT2D eigenvalue weighted by molar-refractivity contribution is 0.0697. The molecule has 13 nitrogen and oxygen atoms in total. The molecule has 5 aromatic carbocycles. The Morgan fingerprint density at radius 1 is 0.704 bits per heavy atom. The number of unbranched alkanes of at least 4 members (excludes halogenated alkanes) is 5. The lowest BCUT2D eigenvalue weighted by Gasteiger charge is -2.17. The molecule has 7 aromatic rings. The van der Waals surface area contributed by atoms with Crippen molar-refractivity contribution >= 4 is 28.5 Å². The Bertz CT molecular complexity index is 3490. The predicted octanol–water partition coefficient (Wildman–Crippen LogP) is 10.8. The van der Waals surface area contributed by atoms with Crippen molar-refractivity contribution in [1.82, 2.24) is 19.7 Å². The third kappa shape index (κ3) is 10.4. The largest absolute Gasteiger partial charge is 0.508 e. The van der Waals surface area contributed by atoms with Crippen LogP contribution in [0.1, 0.15) is 81.8 Å². The van der Waals surface area contributed by atoms with Gasteiger partial charge in [0, 0.05) is 65.4 Å². The number of carboxylic acid groups (broad SMARTS) is 1. The van der Waals surface area contributed by atoms with Gasteiger partial charge in [0.2, 0.25) is 11.3 Å². The number of carbonyl (C=O) groups excluding carboxylic acids is 1. The Morgan fingerprint density at radius 3 is 2.21 bits per heavy atom. The van der Waals surface area contributed by atoms with E-state index in [1.165, 1.54) is 18.2 Å². The van der Waals surface area contributed by atoms with Crippen LogP contribution in [-0.4, -0.2) is 59.8 Å². The molecule has 16 heteroatoms. The summed E-state index contributed by atoms with van der Waals surface area (Å²) in [4.78, 5) is 47.4. The van der Waals surface area contributed by atoms with E-state index < -0.39 is 40.5 Å². The number of carboxylic acids is 1. The number of hydrogen-bond acceptors (Lipinski definition) is 10. The summed E-state index contributed by atoms with van der Waals surface area (Å²) in [6.45, 7) is 0.628. The van der Waals surface area contributed by atoms with Crippen molar-refractivity contribution in [1.29, 1.82) is 0 Å². The van der Waals surface area contributed by atoms with E-state index in [4.69, 9.17) is 19.1 Å². The van der Waals surface area contributed by atoms with E-state index in [1.807, 2.05) is 30.3 Å². The molecule has 3 heterocycles. The molecule has 2 aliphatic rings. The number of ether oxygens (including phenoxy) is 1. The summed E-state index contributed by atoms with van der Waals surface area (Å²) in [5, 5.41) is 44.2. The van der Waals surface area contributed by atoms with E-state index in [2.05, 4.69) is 5.32 Å². The van der Waals surface area contributed by atoms with Crippen molar-refractivity contribution in [3.05, 3.63) is 183 Å². The van der Waals surface area contributed by atoms with Crippen LogP contribution >= 0.6 is 0 Å². The number of benzene rings is 6. The molecule has 0 saturated carbocycles. The molecule has 9 rings (SSSR count). The Labute approximate surface area is 403 Å². The summed E-state index contributed by atoms with van der Waals surface area (Å²) in [6, 6.07) is 28.7. The van der Waals surface area contributed by atoms with E-state index in [9.17, 15) is 43.6 Å². The van der Waals surface area contributed by atoms with Gasteiger partial charge in [-0.1, -0.05) is 68.1 Å². The molecule has 0 fully saturated rings. The minimum Gasteiger partial charge on any atom is -0.508 e. The zero-order valence-corrected chi connectivity index (χ0v) is 37.9. The van der Waals surface area contributed by atoms with Crippen molar-refractivity contribution in [3.63, 3.8) is 0 Å². The zero-order chi connectivity index (χ0) is 49.8. The van der Waals surface area contributed by atoms with Gasteiger partial charge in [-0.3, -0.25) is 14.0 Å². The summed E-state index contributed by atoms with van der Waals surface area (Å²) >= 11 is 0. The molecule has 0 bridgehead atoms. The second-order valence-electron chi connectivity index (χ2n) is 17.1. The maximum atomic E-state index is 15.3. The molecule has 0 saturated heterocycles. The van der Waals surface area contributed by atoms with Crippen LogP contribution < -0.4 is 15.5 Å². The van der Waals surface area contributed by atoms with Gasteiger partial charge in [-0.2, -0.15) is 0 Å². The van der Waals surface area contributed by atoms with Gasteiger partial charge in [0.05, 0.1) is 23.6 Å². The van der Waals surface area contributed by atoms with Crippen molar-refractivity contribution in [2.24, 2.45) is 0 Å². The number of carbonyl (C=O) groups is 2. The number of aromatic hydroxyl groups is 3. The molecule has 360 valence electrons. The monoisotopic (exact) mass is 962 g/mol. The molecule has 1 amide bonds. The van der Waals surface area contributed by atoms with Crippen LogP contribution in [0.15, 0.2) is 131 Å². The van der Waals surface area contributed by atoms with Gasteiger partial charge < -0.3 is 34.9 Å². The van der Waals surface area contributed by atoms with Gasteiger partial charge in [0.1, 0.15) is 22.8 Å². The number of aromatic nitrogens is 3. The smallest absolute Gasteiger partial charge is 0.336 e. The second kappa shape index (κ2) is 20.5. The highest BCUT2D eigenvalue weighted by Crippen LogP contribution is 2.43. The SMILES string of the molecule is O=C(NCCCCCCCCOc1ccc(Cc2nc3c(Cc4ccccc4)nc(-c4ccc(O)cc4)cn3c2O)cc1F)c1ccc(-c2c3cc(F)c(=O)cc-3oc3cc(O)c(F)cc23)c(C(=O)O)c1. The van der Waals surface area contributed by atoms with E-state index in [0.29, 0.717) is 60.7 Å². The predicted molar refractivity (Wildman–Crippen MR) is 259 cm³/mol. The van der Waals surface area contributed by atoms with E-state index in [1.54, 1.807) is 47.0 Å². The number of nitrogens with zero attached hydrogens (tertiary/aromatic N) is 3. The van der Waals surface area contributed by atoms with E-state index in [-0.39, 0.29) is 68.3 Å². The third-order valence-corrected chi connectivity index (χ3v) is 12.2. The molecule has 5 N–H and O–H groups in total. The van der Waals surface area contributed by atoms with Crippen LogP contribution in [0.2, 0.25) is 0 Å². The number of imidazole rings is 1. The number of hydrogen-bond donors (Lipinski definition) is 5. The number of aromatic carboxylic acids is 1. The number of halogens is 3. The highest BCUT2D eigenvalue weighted by molar-refractivity contribution is 6.09. The summed E-state index contributed by atoms with van der Waals surface area (Å²) < 4.78 is 57.5. The van der Waals surface area contributed by atoms with Gasteiger partial charge in [0.15, 0.2) is 34.6 Å². The lowest BCUT2D eigenvalue weighted by Crippen LogP contribution is -2.24. The normalized spacial score (nSPS) is 11.4. The van der Waals surface area contributed by atoms with Gasteiger partial charge in [-0.25, -0.2) is 27.9 Å². The van der Waals surface area contributed by atoms with Crippen molar-refractivity contribution in [3.8, 4) is 56.8 Å². The summed E-state index contributed by atoms with van der Waals surface area (Å²) in [5.41, 5.74) is 3.07. The summed E-state index contributed by atoms with van der Waals surface area (Å²) in [5.74, 6) is -5.36. The first-order valence-electron chi connectivity index (χ1n) is 22.9. The molecular weight excluding hydrogens is 918 g/mol. The standard InChI is InChI=1S/C55H45F3N4O9/c56-40-26-38-49(28-46(40)64)71-50-29-47(65)41(57)27-39(50)51(38)36-18-15-34(25-37(36)55(68)69)53(66)59-20-8-3-1-2-4-9-21-70-48-19-12-32(22-42(48)58)24-44-54(67)62-30-45(33-13-16-35(63)17-14-33)60-43(52(62)61-44)23-31-10-6-5-7-11-31/h5-7,10-19,22,25-30,63-64,67H,1-4,8-9,20-21,23-24H2,(H,59,66)(H,68,69). The van der Waals surface area contributed by atoms with Crippen LogP contribution in [0, 0.1) is 17.5 Å². The third-order valence-electron chi connectivity index (χ3n) is 12.2. The van der Waals surface area contributed by atoms with Crippen LogP contribution in [0.4, 0.5) is 13.2 Å². The number of amides is 1. The van der Waals surface area contributed by atoms with Gasteiger partial charge in [0.25, 0.3) is 5.91 Å². The fourth-order valence-corrected chi connectivity index (χ4v) is 8.60. The molecular formula is C55H45F3N4O9.